The van der Waals surface area contributed by atoms with Crippen LogP contribution in [-0.4, -0.2) is 47.5 Å². The molecule has 3 N–H and O–H groups in total. The van der Waals surface area contributed by atoms with Crippen molar-refractivity contribution < 1.29 is 18.9 Å². The third-order valence-corrected chi connectivity index (χ3v) is 4.10. The molecule has 9 heteroatoms. The molecule has 2 aromatic heterocycles. The number of amides is 3. The van der Waals surface area contributed by atoms with E-state index >= 15 is 0 Å². The highest BCUT2D eigenvalue weighted by Gasteiger charge is 2.12. The molecule has 3 rings (SSSR count). The quantitative estimate of drug-likeness (QED) is 0.484. The number of carbonyl (C=O) groups excluding carboxylic acids is 3. The summed E-state index contributed by atoms with van der Waals surface area (Å²) in [6.45, 7) is 1.89. The third-order valence-electron chi connectivity index (χ3n) is 4.10. The minimum absolute atomic E-state index is 0.109. The van der Waals surface area contributed by atoms with Crippen molar-refractivity contribution in [2.24, 2.45) is 0 Å². The summed E-state index contributed by atoms with van der Waals surface area (Å²) in [7, 11) is 0. The SMILES string of the molecule is Cc1cc(C(=O)NCC(=O)NCCNC(=O)c2cc(-c3ccccc3)ccn2)no1. The van der Waals surface area contributed by atoms with Crippen LogP contribution in [0.15, 0.2) is 59.3 Å². The predicted octanol–water partition coefficient (Wildman–Crippen LogP) is 1.32. The Kier molecular flexibility index (Phi) is 6.88. The molecule has 0 spiro atoms. The highest BCUT2D eigenvalue weighted by Crippen LogP contribution is 2.18. The Morgan fingerprint density at radius 2 is 1.60 bits per heavy atom. The van der Waals surface area contributed by atoms with E-state index < -0.39 is 5.91 Å². The molecular formula is C21H21N5O4. The molecule has 0 radical (unpaired) electrons. The van der Waals surface area contributed by atoms with Crippen LogP contribution in [0.2, 0.25) is 0 Å². The number of nitrogens with zero attached hydrogens (tertiary/aromatic N) is 2. The maximum Gasteiger partial charge on any atom is 0.273 e. The lowest BCUT2D eigenvalue weighted by molar-refractivity contribution is -0.120. The van der Waals surface area contributed by atoms with Crippen molar-refractivity contribution in [3.8, 4) is 11.1 Å². The van der Waals surface area contributed by atoms with Gasteiger partial charge in [0.05, 0.1) is 6.54 Å². The first-order valence-electron chi connectivity index (χ1n) is 9.31. The van der Waals surface area contributed by atoms with E-state index in [1.807, 2.05) is 36.4 Å². The van der Waals surface area contributed by atoms with Crippen LogP contribution in [0.1, 0.15) is 26.7 Å². The molecule has 0 bridgehead atoms. The summed E-state index contributed by atoms with van der Waals surface area (Å²) in [6, 6.07) is 14.7. The predicted molar refractivity (Wildman–Crippen MR) is 109 cm³/mol. The summed E-state index contributed by atoms with van der Waals surface area (Å²) in [5.74, 6) is -0.720. The van der Waals surface area contributed by atoms with Crippen LogP contribution in [0.25, 0.3) is 11.1 Å². The summed E-state index contributed by atoms with van der Waals surface area (Å²) in [6.07, 6.45) is 1.58. The Balaban J connectivity index is 1.39. The molecule has 30 heavy (non-hydrogen) atoms. The molecule has 0 aliphatic carbocycles. The maximum absolute atomic E-state index is 12.3. The van der Waals surface area contributed by atoms with Gasteiger partial charge in [-0.25, -0.2) is 0 Å². The summed E-state index contributed by atoms with van der Waals surface area (Å²) in [4.78, 5) is 40.0. The molecule has 0 unspecified atom stereocenters. The number of aryl methyl sites for hydroxylation is 1. The maximum atomic E-state index is 12.3. The first kappa shape index (κ1) is 20.7. The van der Waals surface area contributed by atoms with Gasteiger partial charge in [-0.05, 0) is 30.2 Å². The van der Waals surface area contributed by atoms with Gasteiger partial charge in [0.1, 0.15) is 11.5 Å². The van der Waals surface area contributed by atoms with E-state index in [0.717, 1.165) is 11.1 Å². The van der Waals surface area contributed by atoms with Crippen molar-refractivity contribution in [2.45, 2.75) is 6.92 Å². The molecular weight excluding hydrogens is 386 g/mol. The van der Waals surface area contributed by atoms with Gasteiger partial charge >= 0.3 is 0 Å². The molecule has 0 saturated heterocycles. The van der Waals surface area contributed by atoms with Gasteiger partial charge in [-0.3, -0.25) is 19.4 Å². The number of nitrogens with one attached hydrogen (secondary N) is 3. The summed E-state index contributed by atoms with van der Waals surface area (Å²) < 4.78 is 4.81. The lowest BCUT2D eigenvalue weighted by Gasteiger charge is -2.08. The molecule has 1 aromatic carbocycles. The Morgan fingerprint density at radius 3 is 2.33 bits per heavy atom. The molecule has 3 aromatic rings. The van der Waals surface area contributed by atoms with E-state index in [9.17, 15) is 14.4 Å². The standard InChI is InChI=1S/C21H21N5O4/c1-14-11-18(26-30-14)21(29)25-13-19(27)23-9-10-24-20(28)17-12-16(7-8-22-17)15-5-3-2-4-6-15/h2-8,11-12H,9-10,13H2,1H3,(H,23,27)(H,24,28)(H,25,29). The van der Waals surface area contributed by atoms with Crippen molar-refractivity contribution in [1.82, 2.24) is 26.1 Å². The summed E-state index contributed by atoms with van der Waals surface area (Å²) >= 11 is 0. The van der Waals surface area contributed by atoms with Gasteiger partial charge < -0.3 is 20.5 Å². The highest BCUT2D eigenvalue weighted by atomic mass is 16.5. The minimum atomic E-state index is -0.500. The van der Waals surface area contributed by atoms with Gasteiger partial charge in [-0.2, -0.15) is 0 Å². The molecule has 0 fully saturated rings. The molecule has 0 saturated carbocycles. The lowest BCUT2D eigenvalue weighted by Crippen LogP contribution is -2.40. The van der Waals surface area contributed by atoms with Crippen molar-refractivity contribution >= 4 is 17.7 Å². The van der Waals surface area contributed by atoms with Crippen molar-refractivity contribution in [1.29, 1.82) is 0 Å². The van der Waals surface area contributed by atoms with Gasteiger partial charge in [0.25, 0.3) is 11.8 Å². The van der Waals surface area contributed by atoms with E-state index in [1.54, 1.807) is 19.2 Å². The number of hydrogen-bond donors (Lipinski definition) is 3. The third kappa shape index (κ3) is 5.74. The minimum Gasteiger partial charge on any atom is -0.361 e. The number of rotatable bonds is 8. The molecule has 9 nitrogen and oxygen atoms in total. The van der Waals surface area contributed by atoms with Gasteiger partial charge in [0.2, 0.25) is 5.91 Å². The lowest BCUT2D eigenvalue weighted by atomic mass is 10.1. The van der Waals surface area contributed by atoms with E-state index in [-0.39, 0.29) is 42.8 Å². The smallest absolute Gasteiger partial charge is 0.273 e. The van der Waals surface area contributed by atoms with Crippen LogP contribution in [0.5, 0.6) is 0 Å². The zero-order chi connectivity index (χ0) is 21.3. The Labute approximate surface area is 172 Å². The second-order valence-corrected chi connectivity index (χ2v) is 6.41. The average Bonchev–Trinajstić information content (AvgIpc) is 3.22. The van der Waals surface area contributed by atoms with Crippen molar-refractivity contribution in [2.75, 3.05) is 19.6 Å². The molecule has 0 aliphatic heterocycles. The number of pyridine rings is 1. The monoisotopic (exact) mass is 407 g/mol. The fraction of sp³-hybridized carbons (Fsp3) is 0.190. The fourth-order valence-corrected chi connectivity index (χ4v) is 2.62. The van der Waals surface area contributed by atoms with E-state index in [2.05, 4.69) is 26.1 Å². The molecule has 0 atom stereocenters. The van der Waals surface area contributed by atoms with Gasteiger partial charge in [0, 0.05) is 25.4 Å². The van der Waals surface area contributed by atoms with Crippen molar-refractivity contribution in [3.05, 3.63) is 71.9 Å². The normalized spacial score (nSPS) is 10.3. The zero-order valence-corrected chi connectivity index (χ0v) is 16.3. The number of carbonyl (C=O) groups is 3. The Hall–Kier alpha value is -4.01. The summed E-state index contributed by atoms with van der Waals surface area (Å²) in [5, 5.41) is 11.3. The second kappa shape index (κ2) is 9.97. The Bertz CT molecular complexity index is 1030. The zero-order valence-electron chi connectivity index (χ0n) is 16.3. The molecule has 0 aliphatic rings. The molecule has 154 valence electrons. The van der Waals surface area contributed by atoms with Gasteiger partial charge in [-0.1, -0.05) is 35.5 Å². The van der Waals surface area contributed by atoms with Crippen molar-refractivity contribution in [3.63, 3.8) is 0 Å². The van der Waals surface area contributed by atoms with Crippen LogP contribution >= 0.6 is 0 Å². The Morgan fingerprint density at radius 1 is 0.867 bits per heavy atom. The first-order chi connectivity index (χ1) is 14.5. The second-order valence-electron chi connectivity index (χ2n) is 6.41. The van der Waals surface area contributed by atoms with E-state index in [1.165, 1.54) is 6.07 Å². The van der Waals surface area contributed by atoms with Gasteiger partial charge in [-0.15, -0.1) is 0 Å². The van der Waals surface area contributed by atoms with Gasteiger partial charge in [0.15, 0.2) is 5.69 Å². The summed E-state index contributed by atoms with van der Waals surface area (Å²) in [5.41, 5.74) is 2.28. The fourth-order valence-electron chi connectivity index (χ4n) is 2.62. The number of aromatic nitrogens is 2. The molecule has 3 amide bonds. The van der Waals surface area contributed by atoms with Crippen LogP contribution in [-0.2, 0) is 4.79 Å². The number of hydrogen-bond acceptors (Lipinski definition) is 6. The molecule has 2 heterocycles. The van der Waals surface area contributed by atoms with Crippen LogP contribution in [0, 0.1) is 6.92 Å². The largest absolute Gasteiger partial charge is 0.361 e. The first-order valence-corrected chi connectivity index (χ1v) is 9.31. The van der Waals surface area contributed by atoms with E-state index in [4.69, 9.17) is 4.52 Å². The van der Waals surface area contributed by atoms with Crippen LogP contribution in [0.3, 0.4) is 0 Å². The number of benzene rings is 1. The highest BCUT2D eigenvalue weighted by molar-refractivity contribution is 5.95. The van der Waals surface area contributed by atoms with Crippen LogP contribution in [0.4, 0.5) is 0 Å². The topological polar surface area (TPSA) is 126 Å². The average molecular weight is 407 g/mol. The van der Waals surface area contributed by atoms with E-state index in [0.29, 0.717) is 5.76 Å². The van der Waals surface area contributed by atoms with Crippen LogP contribution < -0.4 is 16.0 Å².